The van der Waals surface area contributed by atoms with Gasteiger partial charge in [-0.1, -0.05) is 0 Å². The number of nitrogens with one attached hydrogen (secondary N) is 1. The molecule has 0 aromatic heterocycles. The summed E-state index contributed by atoms with van der Waals surface area (Å²) in [6.45, 7) is 4.12. The maximum absolute atomic E-state index is 13.1. The van der Waals surface area contributed by atoms with E-state index in [0.717, 1.165) is 51.9 Å². The van der Waals surface area contributed by atoms with Crippen molar-refractivity contribution < 1.29 is 34.0 Å². The van der Waals surface area contributed by atoms with Gasteiger partial charge in [-0.25, -0.2) is 0 Å². The number of likely N-dealkylation sites (tertiary alicyclic amines) is 2. The molecule has 2 amide bonds. The summed E-state index contributed by atoms with van der Waals surface area (Å²) in [6, 6.07) is 1.39. The summed E-state index contributed by atoms with van der Waals surface area (Å²) in [4.78, 5) is 29.7. The Balaban J connectivity index is 0.00000432. The van der Waals surface area contributed by atoms with E-state index < -0.39 is 0 Å². The van der Waals surface area contributed by atoms with Crippen LogP contribution in [0.25, 0.3) is 0 Å². The topological polar surface area (TPSA) is 147 Å². The van der Waals surface area contributed by atoms with Crippen LogP contribution in [0.15, 0.2) is 6.07 Å². The van der Waals surface area contributed by atoms with Crippen LogP contribution in [0.2, 0.25) is 0 Å². The van der Waals surface area contributed by atoms with E-state index in [1.165, 1.54) is 21.3 Å². The molecular weight excluding hydrogens is 527 g/mol. The van der Waals surface area contributed by atoms with Gasteiger partial charge < -0.3 is 45.3 Å². The number of nitrogens with zero attached hydrogens (tertiary/aromatic N) is 2. The van der Waals surface area contributed by atoms with Gasteiger partial charge in [0.25, 0.3) is 5.91 Å². The van der Waals surface area contributed by atoms with Gasteiger partial charge in [0.1, 0.15) is 0 Å². The zero-order chi connectivity index (χ0) is 24.7. The second-order valence-corrected chi connectivity index (χ2v) is 8.74. The Hall–Kier alpha value is -2.18. The van der Waals surface area contributed by atoms with Crippen LogP contribution in [0, 0.1) is 0 Å². The molecular formula is C24H42Cl2N4O7. The number of piperidine rings is 1. The normalized spacial score (nSPS) is 19.1. The van der Waals surface area contributed by atoms with Gasteiger partial charge in [0.05, 0.1) is 44.7 Å². The monoisotopic (exact) mass is 568 g/mol. The van der Waals surface area contributed by atoms with Crippen molar-refractivity contribution >= 4 is 42.3 Å². The first kappa shape index (κ1) is 34.8. The highest BCUT2D eigenvalue weighted by molar-refractivity contribution is 6.02. The van der Waals surface area contributed by atoms with Crippen LogP contribution < -0.4 is 25.3 Å². The predicted octanol–water partition coefficient (Wildman–Crippen LogP) is 1.54. The Bertz CT molecular complexity index is 872. The Kier molecular flexibility index (Phi) is 15.6. The molecule has 13 heteroatoms. The van der Waals surface area contributed by atoms with E-state index in [4.69, 9.17) is 24.7 Å². The number of rotatable bonds is 10. The predicted molar refractivity (Wildman–Crippen MR) is 147 cm³/mol. The van der Waals surface area contributed by atoms with Gasteiger partial charge >= 0.3 is 0 Å². The number of ether oxygens (including phenoxy) is 4. The van der Waals surface area contributed by atoms with Gasteiger partial charge in [0, 0.05) is 39.7 Å². The lowest BCUT2D eigenvalue weighted by Gasteiger charge is -2.38. The van der Waals surface area contributed by atoms with Crippen molar-refractivity contribution in [3.63, 3.8) is 0 Å². The van der Waals surface area contributed by atoms with Crippen LogP contribution in [-0.4, -0.2) is 100 Å². The Labute approximate surface area is 231 Å². The molecule has 1 aromatic rings. The molecule has 3 rings (SSSR count). The van der Waals surface area contributed by atoms with Crippen molar-refractivity contribution in [3.05, 3.63) is 11.6 Å². The first-order valence-electron chi connectivity index (χ1n) is 11.9. The highest BCUT2D eigenvalue weighted by atomic mass is 35.5. The fourth-order valence-electron chi connectivity index (χ4n) is 4.78. The zero-order valence-electron chi connectivity index (χ0n) is 22.0. The summed E-state index contributed by atoms with van der Waals surface area (Å²) < 4.78 is 21.8. The molecule has 214 valence electrons. The summed E-state index contributed by atoms with van der Waals surface area (Å²) in [5.41, 5.74) is 6.67. The number of carbonyl (C=O) groups is 2. The third-order valence-electron chi connectivity index (χ3n) is 6.70. The smallest absolute Gasteiger partial charge is 0.253 e. The molecule has 37 heavy (non-hydrogen) atoms. The van der Waals surface area contributed by atoms with E-state index in [2.05, 4.69) is 10.2 Å². The first-order valence-corrected chi connectivity index (χ1v) is 11.9. The van der Waals surface area contributed by atoms with Crippen molar-refractivity contribution in [1.29, 1.82) is 0 Å². The average Bonchev–Trinajstić information content (AvgIpc) is 3.39. The maximum atomic E-state index is 13.1. The summed E-state index contributed by atoms with van der Waals surface area (Å²) in [7, 11) is 6.09. The number of hydrogen-bond donors (Lipinski definition) is 2. The van der Waals surface area contributed by atoms with Crippen LogP contribution in [0.1, 0.15) is 42.5 Å². The van der Waals surface area contributed by atoms with E-state index in [-0.39, 0.29) is 71.3 Å². The number of benzene rings is 1. The van der Waals surface area contributed by atoms with Crippen LogP contribution in [0.4, 0.5) is 5.69 Å². The van der Waals surface area contributed by atoms with Gasteiger partial charge in [0.15, 0.2) is 11.5 Å². The van der Waals surface area contributed by atoms with Crippen molar-refractivity contribution in [2.75, 3.05) is 66.9 Å². The fourth-order valence-corrected chi connectivity index (χ4v) is 4.78. The van der Waals surface area contributed by atoms with Gasteiger partial charge in [-0.3, -0.25) is 9.59 Å². The molecule has 0 aliphatic carbocycles. The number of hydrogen-bond acceptors (Lipinski definition) is 8. The molecule has 2 atom stereocenters. The third-order valence-corrected chi connectivity index (χ3v) is 6.70. The van der Waals surface area contributed by atoms with E-state index in [9.17, 15) is 9.59 Å². The number of carbonyl (C=O) groups excluding carboxylic acids is 2. The van der Waals surface area contributed by atoms with E-state index in [1.807, 2.05) is 4.90 Å². The molecule has 1 aromatic carbocycles. The van der Waals surface area contributed by atoms with Crippen LogP contribution >= 0.6 is 24.8 Å². The second kappa shape index (κ2) is 16.6. The summed E-state index contributed by atoms with van der Waals surface area (Å²) >= 11 is 0. The number of halogens is 2. The third kappa shape index (κ3) is 8.41. The van der Waals surface area contributed by atoms with E-state index in [1.54, 1.807) is 13.2 Å². The molecule has 0 unspecified atom stereocenters. The van der Waals surface area contributed by atoms with Gasteiger partial charge in [-0.15, -0.1) is 24.8 Å². The first-order chi connectivity index (χ1) is 16.4. The van der Waals surface area contributed by atoms with Gasteiger partial charge in [-0.05, 0) is 38.3 Å². The Morgan fingerprint density at radius 1 is 1.03 bits per heavy atom. The number of nitrogen functional groups attached to an aromatic ring is 1. The molecule has 5 N–H and O–H groups in total. The molecule has 2 aliphatic heterocycles. The average molecular weight is 570 g/mol. The summed E-state index contributed by atoms with van der Waals surface area (Å²) in [6.07, 6.45) is 4.19. The second-order valence-electron chi connectivity index (χ2n) is 8.74. The van der Waals surface area contributed by atoms with Gasteiger partial charge in [-0.2, -0.15) is 0 Å². The highest BCUT2D eigenvalue weighted by Gasteiger charge is 2.32. The largest absolute Gasteiger partial charge is 0.493 e. The minimum absolute atomic E-state index is 0. The standard InChI is InChI=1S/C24H38N4O6.2ClH.H2O/c1-31-18-14-16(21(25)23(34-4)22(18)33-3)24(30)26-17-9-13-27(15-19(17)32-2)10-7-8-20(29)28-11-5-6-12-28;;;/h14,17,19H,5-13,15,25H2,1-4H3,(H,26,30);2*1H;1H2/t17-,19+;;;/m0.../s1. The van der Waals surface area contributed by atoms with Crippen LogP contribution in [0.5, 0.6) is 17.2 Å². The number of anilines is 1. The highest BCUT2D eigenvalue weighted by Crippen LogP contribution is 2.43. The molecule has 0 bridgehead atoms. The van der Waals surface area contributed by atoms with E-state index >= 15 is 0 Å². The zero-order valence-corrected chi connectivity index (χ0v) is 23.7. The quantitative estimate of drug-likeness (QED) is 0.404. The van der Waals surface area contributed by atoms with Crippen molar-refractivity contribution in [3.8, 4) is 17.2 Å². The van der Waals surface area contributed by atoms with Crippen LogP contribution in [-0.2, 0) is 9.53 Å². The molecule has 11 nitrogen and oxygen atoms in total. The number of nitrogens with two attached hydrogens (primary N) is 1. The summed E-state index contributed by atoms with van der Waals surface area (Å²) in [5.74, 6) is 0.888. The fraction of sp³-hybridized carbons (Fsp3) is 0.667. The molecule has 2 fully saturated rings. The van der Waals surface area contributed by atoms with Crippen molar-refractivity contribution in [2.45, 2.75) is 44.2 Å². The SMILES string of the molecule is COc1cc(C(=O)N[C@H]2CCN(CCCC(=O)N3CCCC3)C[C@H]2OC)c(N)c(OC)c1OC.Cl.Cl.O. The van der Waals surface area contributed by atoms with Crippen molar-refractivity contribution in [1.82, 2.24) is 15.1 Å². The molecule has 0 spiro atoms. The lowest BCUT2D eigenvalue weighted by molar-refractivity contribution is -0.130. The molecule has 0 saturated carbocycles. The molecule has 2 heterocycles. The van der Waals surface area contributed by atoms with Crippen molar-refractivity contribution in [2.24, 2.45) is 0 Å². The number of amides is 2. The lowest BCUT2D eigenvalue weighted by atomic mass is 10.00. The Morgan fingerprint density at radius 2 is 1.68 bits per heavy atom. The minimum Gasteiger partial charge on any atom is -0.493 e. The summed E-state index contributed by atoms with van der Waals surface area (Å²) in [5, 5.41) is 3.07. The molecule has 0 radical (unpaired) electrons. The molecule has 2 saturated heterocycles. The minimum atomic E-state index is -0.325. The number of methoxy groups -OCH3 is 4. The van der Waals surface area contributed by atoms with Gasteiger partial charge in [0.2, 0.25) is 11.7 Å². The maximum Gasteiger partial charge on any atom is 0.253 e. The van der Waals surface area contributed by atoms with Crippen LogP contribution in [0.3, 0.4) is 0 Å². The Morgan fingerprint density at radius 3 is 2.24 bits per heavy atom. The molecule has 2 aliphatic rings. The lowest BCUT2D eigenvalue weighted by Crippen LogP contribution is -2.55. The van der Waals surface area contributed by atoms with E-state index in [0.29, 0.717) is 24.5 Å².